The van der Waals surface area contributed by atoms with Crippen molar-refractivity contribution in [1.82, 2.24) is 15.1 Å². The third kappa shape index (κ3) is 3.64. The van der Waals surface area contributed by atoms with Gasteiger partial charge in [0.15, 0.2) is 0 Å². The maximum absolute atomic E-state index is 13.3. The van der Waals surface area contributed by atoms with Crippen LogP contribution in [0.5, 0.6) is 0 Å². The fraction of sp³-hybridized carbons (Fsp3) is 0.400. The van der Waals surface area contributed by atoms with Gasteiger partial charge in [0.05, 0.1) is 12.2 Å². The first-order valence-corrected chi connectivity index (χ1v) is 6.67. The number of hydrogen-bond donors (Lipinski definition) is 1. The van der Waals surface area contributed by atoms with E-state index in [0.717, 1.165) is 36.3 Å². The van der Waals surface area contributed by atoms with E-state index in [4.69, 9.17) is 0 Å². The summed E-state index contributed by atoms with van der Waals surface area (Å²) in [5.41, 5.74) is 3.18. The Bertz CT molecular complexity index is 534. The van der Waals surface area contributed by atoms with Gasteiger partial charge in [-0.1, -0.05) is 13.0 Å². The minimum absolute atomic E-state index is 0.196. The monoisotopic (exact) mass is 261 g/mol. The largest absolute Gasteiger partial charge is 0.311 e. The summed E-state index contributed by atoms with van der Waals surface area (Å²) < 4.78 is 15.2. The molecule has 0 atom stereocenters. The zero-order valence-electron chi connectivity index (χ0n) is 11.5. The third-order valence-electron chi connectivity index (χ3n) is 3.17. The van der Waals surface area contributed by atoms with E-state index < -0.39 is 0 Å². The van der Waals surface area contributed by atoms with Crippen LogP contribution >= 0.6 is 0 Å². The molecule has 1 aromatic heterocycles. The lowest BCUT2D eigenvalue weighted by molar-refractivity contribution is 0.585. The normalized spacial score (nSPS) is 10.9. The zero-order valence-corrected chi connectivity index (χ0v) is 11.5. The van der Waals surface area contributed by atoms with E-state index in [1.165, 1.54) is 6.07 Å². The topological polar surface area (TPSA) is 29.9 Å². The molecule has 0 saturated heterocycles. The van der Waals surface area contributed by atoms with E-state index >= 15 is 0 Å². The van der Waals surface area contributed by atoms with Gasteiger partial charge in [0, 0.05) is 12.7 Å². The van der Waals surface area contributed by atoms with Gasteiger partial charge in [0.1, 0.15) is 5.82 Å². The van der Waals surface area contributed by atoms with Gasteiger partial charge in [-0.05, 0) is 49.2 Å². The number of aromatic nitrogens is 2. The third-order valence-corrected chi connectivity index (χ3v) is 3.17. The first-order chi connectivity index (χ1) is 9.20. The van der Waals surface area contributed by atoms with Gasteiger partial charge in [-0.2, -0.15) is 5.10 Å². The van der Waals surface area contributed by atoms with Crippen LogP contribution in [0.3, 0.4) is 0 Å². The molecule has 0 aliphatic heterocycles. The fourth-order valence-electron chi connectivity index (χ4n) is 2.02. The molecule has 1 aromatic carbocycles. The van der Waals surface area contributed by atoms with Crippen LogP contribution in [-0.2, 0) is 13.1 Å². The Morgan fingerprint density at radius 3 is 2.95 bits per heavy atom. The van der Waals surface area contributed by atoms with Gasteiger partial charge in [-0.3, -0.25) is 4.68 Å². The summed E-state index contributed by atoms with van der Waals surface area (Å²) in [7, 11) is 0. The highest BCUT2D eigenvalue weighted by atomic mass is 19.1. The fourth-order valence-corrected chi connectivity index (χ4v) is 2.02. The molecule has 2 aromatic rings. The highest BCUT2D eigenvalue weighted by Gasteiger charge is 2.06. The molecule has 0 saturated carbocycles. The molecule has 0 radical (unpaired) electrons. The quantitative estimate of drug-likeness (QED) is 0.810. The van der Waals surface area contributed by atoms with Crippen molar-refractivity contribution in [3.8, 4) is 0 Å². The van der Waals surface area contributed by atoms with Crippen molar-refractivity contribution in [3.63, 3.8) is 0 Å². The van der Waals surface area contributed by atoms with Gasteiger partial charge in [-0.15, -0.1) is 0 Å². The molecule has 0 amide bonds. The Hall–Kier alpha value is -1.68. The van der Waals surface area contributed by atoms with Crippen LogP contribution in [0.15, 0.2) is 30.5 Å². The van der Waals surface area contributed by atoms with Gasteiger partial charge < -0.3 is 5.32 Å². The van der Waals surface area contributed by atoms with Crippen molar-refractivity contribution in [2.24, 2.45) is 0 Å². The smallest absolute Gasteiger partial charge is 0.123 e. The molecule has 0 unspecified atom stereocenters. The molecule has 1 N–H and O–H groups in total. The van der Waals surface area contributed by atoms with E-state index in [0.29, 0.717) is 6.54 Å². The van der Waals surface area contributed by atoms with Crippen molar-refractivity contribution in [3.05, 3.63) is 53.1 Å². The van der Waals surface area contributed by atoms with E-state index in [1.807, 2.05) is 23.7 Å². The average molecular weight is 261 g/mol. The Morgan fingerprint density at radius 2 is 2.16 bits per heavy atom. The standard InChI is InChI=1S/C15H20FN3/c1-3-7-17-10-15-6-8-18-19(15)11-13-9-14(16)5-4-12(13)2/h4-6,8-9,17H,3,7,10-11H2,1-2H3. The van der Waals surface area contributed by atoms with Crippen molar-refractivity contribution in [2.45, 2.75) is 33.4 Å². The number of benzene rings is 1. The Balaban J connectivity index is 2.10. The minimum Gasteiger partial charge on any atom is -0.311 e. The summed E-state index contributed by atoms with van der Waals surface area (Å²) in [5, 5.41) is 7.67. The molecule has 0 fully saturated rings. The summed E-state index contributed by atoms with van der Waals surface area (Å²) in [6, 6.07) is 6.88. The van der Waals surface area contributed by atoms with Crippen LogP contribution in [0.1, 0.15) is 30.2 Å². The summed E-state index contributed by atoms with van der Waals surface area (Å²) >= 11 is 0. The lowest BCUT2D eigenvalue weighted by Crippen LogP contribution is -2.18. The molecule has 0 spiro atoms. The van der Waals surface area contributed by atoms with E-state index in [2.05, 4.69) is 17.3 Å². The van der Waals surface area contributed by atoms with E-state index in [1.54, 1.807) is 12.3 Å². The number of hydrogen-bond acceptors (Lipinski definition) is 2. The number of nitrogens with one attached hydrogen (secondary N) is 1. The van der Waals surface area contributed by atoms with Crippen LogP contribution in [0, 0.1) is 12.7 Å². The second-order valence-corrected chi connectivity index (χ2v) is 4.73. The molecular weight excluding hydrogens is 241 g/mol. The zero-order chi connectivity index (χ0) is 13.7. The number of aryl methyl sites for hydroxylation is 1. The lowest BCUT2D eigenvalue weighted by Gasteiger charge is -2.10. The number of nitrogens with zero attached hydrogens (tertiary/aromatic N) is 2. The predicted octanol–water partition coefficient (Wildman–Crippen LogP) is 2.88. The van der Waals surface area contributed by atoms with Crippen LogP contribution < -0.4 is 5.32 Å². The van der Waals surface area contributed by atoms with Gasteiger partial charge in [0.25, 0.3) is 0 Å². The summed E-state index contributed by atoms with van der Waals surface area (Å²) in [6.45, 7) is 6.53. The SMILES string of the molecule is CCCNCc1ccnn1Cc1cc(F)ccc1C. The maximum atomic E-state index is 13.3. The summed E-state index contributed by atoms with van der Waals surface area (Å²) in [4.78, 5) is 0. The lowest BCUT2D eigenvalue weighted by atomic mass is 10.1. The Morgan fingerprint density at radius 1 is 1.32 bits per heavy atom. The predicted molar refractivity (Wildman–Crippen MR) is 74.5 cm³/mol. The molecule has 0 aliphatic carbocycles. The maximum Gasteiger partial charge on any atom is 0.123 e. The number of rotatable bonds is 6. The summed E-state index contributed by atoms with van der Waals surface area (Å²) in [5.74, 6) is -0.196. The molecule has 1 heterocycles. The van der Waals surface area contributed by atoms with Crippen molar-refractivity contribution < 1.29 is 4.39 Å². The molecule has 102 valence electrons. The van der Waals surface area contributed by atoms with E-state index in [-0.39, 0.29) is 5.82 Å². The minimum atomic E-state index is -0.196. The molecular formula is C15H20FN3. The molecule has 0 aliphatic rings. The van der Waals surface area contributed by atoms with Gasteiger partial charge >= 0.3 is 0 Å². The van der Waals surface area contributed by atoms with Crippen molar-refractivity contribution >= 4 is 0 Å². The first kappa shape index (κ1) is 13.7. The van der Waals surface area contributed by atoms with Crippen LogP contribution in [0.25, 0.3) is 0 Å². The van der Waals surface area contributed by atoms with Crippen LogP contribution in [-0.4, -0.2) is 16.3 Å². The highest BCUT2D eigenvalue weighted by Crippen LogP contribution is 2.12. The first-order valence-electron chi connectivity index (χ1n) is 6.67. The Kier molecular flexibility index (Phi) is 4.68. The average Bonchev–Trinajstić information content (AvgIpc) is 2.82. The van der Waals surface area contributed by atoms with E-state index in [9.17, 15) is 4.39 Å². The second kappa shape index (κ2) is 6.48. The van der Waals surface area contributed by atoms with Crippen LogP contribution in [0.2, 0.25) is 0 Å². The van der Waals surface area contributed by atoms with Gasteiger partial charge in [-0.25, -0.2) is 4.39 Å². The van der Waals surface area contributed by atoms with Crippen molar-refractivity contribution in [2.75, 3.05) is 6.54 Å². The molecule has 3 nitrogen and oxygen atoms in total. The Labute approximate surface area is 113 Å². The van der Waals surface area contributed by atoms with Crippen molar-refractivity contribution in [1.29, 1.82) is 0 Å². The molecule has 2 rings (SSSR count). The number of halogens is 1. The molecule has 0 bridgehead atoms. The van der Waals surface area contributed by atoms with Crippen LogP contribution in [0.4, 0.5) is 4.39 Å². The molecule has 4 heteroatoms. The summed E-state index contributed by atoms with van der Waals surface area (Å²) in [6.07, 6.45) is 2.90. The van der Waals surface area contributed by atoms with Gasteiger partial charge in [0.2, 0.25) is 0 Å². The second-order valence-electron chi connectivity index (χ2n) is 4.73. The highest BCUT2D eigenvalue weighted by molar-refractivity contribution is 5.27. The molecule has 19 heavy (non-hydrogen) atoms.